The molecule has 1 atom stereocenters. The summed E-state index contributed by atoms with van der Waals surface area (Å²) in [5.74, 6) is 0. The van der Waals surface area contributed by atoms with Gasteiger partial charge in [0.25, 0.3) is 0 Å². The van der Waals surface area contributed by atoms with Crippen molar-refractivity contribution in [3.05, 3.63) is 0 Å². The number of piperidine rings is 1. The Labute approximate surface area is 109 Å². The molecule has 0 aromatic rings. The molecule has 0 radical (unpaired) electrons. The van der Waals surface area contributed by atoms with Gasteiger partial charge in [-0.05, 0) is 33.6 Å². The van der Waals surface area contributed by atoms with Crippen LogP contribution in [0.25, 0.3) is 0 Å². The van der Waals surface area contributed by atoms with Crippen LogP contribution in [0.4, 0.5) is 4.79 Å². The second-order valence-corrected chi connectivity index (χ2v) is 6.44. The Bertz CT molecular complexity index is 308. The molecule has 0 saturated carbocycles. The number of amides is 1. The Morgan fingerprint density at radius 2 is 1.94 bits per heavy atom. The Hall–Kier alpha value is -0.810. The van der Waals surface area contributed by atoms with Crippen LogP contribution < -0.4 is 5.73 Å². The van der Waals surface area contributed by atoms with Crippen LogP contribution in [-0.4, -0.2) is 59.8 Å². The van der Waals surface area contributed by atoms with E-state index in [1.807, 2.05) is 25.7 Å². The summed E-state index contributed by atoms with van der Waals surface area (Å²) < 4.78 is 5.42. The highest BCUT2D eigenvalue weighted by Gasteiger charge is 2.35. The monoisotopic (exact) mass is 255 g/mol. The number of nitrogens with zero attached hydrogens (tertiary/aromatic N) is 2. The van der Waals surface area contributed by atoms with Crippen LogP contribution in [0, 0.1) is 0 Å². The lowest BCUT2D eigenvalue weighted by molar-refractivity contribution is 0.000404. The smallest absolute Gasteiger partial charge is 0.410 e. The van der Waals surface area contributed by atoms with Crippen molar-refractivity contribution < 1.29 is 9.53 Å². The third-order valence-corrected chi connectivity index (χ3v) is 3.50. The summed E-state index contributed by atoms with van der Waals surface area (Å²) in [5, 5.41) is 0. The molecule has 5 heteroatoms. The van der Waals surface area contributed by atoms with Gasteiger partial charge in [-0.25, -0.2) is 4.79 Å². The fourth-order valence-corrected chi connectivity index (χ4v) is 2.59. The van der Waals surface area contributed by atoms with E-state index in [4.69, 9.17) is 10.5 Å². The van der Waals surface area contributed by atoms with Crippen molar-refractivity contribution in [2.45, 2.75) is 51.3 Å². The maximum absolute atomic E-state index is 12.0. The standard InChI is InChI=1S/C13H25N3O2/c1-13(2,3)18-12(17)15-6-4-5-11(9-15)16-7-10(14)8-16/h10-11H,4-9,14H2,1-3H3. The average molecular weight is 255 g/mol. The molecule has 2 aliphatic rings. The van der Waals surface area contributed by atoms with Crippen molar-refractivity contribution in [1.29, 1.82) is 0 Å². The van der Waals surface area contributed by atoms with Crippen molar-refractivity contribution in [1.82, 2.24) is 9.80 Å². The van der Waals surface area contributed by atoms with Gasteiger partial charge in [-0.2, -0.15) is 0 Å². The molecule has 104 valence electrons. The number of hydrogen-bond donors (Lipinski definition) is 1. The number of nitrogens with two attached hydrogens (primary N) is 1. The van der Waals surface area contributed by atoms with Crippen LogP contribution in [0.2, 0.25) is 0 Å². The molecule has 2 fully saturated rings. The highest BCUT2D eigenvalue weighted by Crippen LogP contribution is 2.21. The fraction of sp³-hybridized carbons (Fsp3) is 0.923. The van der Waals surface area contributed by atoms with Crippen LogP contribution in [0.1, 0.15) is 33.6 Å². The van der Waals surface area contributed by atoms with E-state index >= 15 is 0 Å². The topological polar surface area (TPSA) is 58.8 Å². The summed E-state index contributed by atoms with van der Waals surface area (Å²) in [6.45, 7) is 9.23. The maximum atomic E-state index is 12.0. The molecule has 2 saturated heterocycles. The molecule has 2 N–H and O–H groups in total. The number of ether oxygens (including phenoxy) is 1. The second-order valence-electron chi connectivity index (χ2n) is 6.44. The lowest BCUT2D eigenvalue weighted by Gasteiger charge is -2.46. The first kappa shape index (κ1) is 13.6. The van der Waals surface area contributed by atoms with Crippen molar-refractivity contribution >= 4 is 6.09 Å². The predicted molar refractivity (Wildman–Crippen MR) is 70.4 cm³/mol. The minimum atomic E-state index is -0.414. The molecule has 2 aliphatic heterocycles. The summed E-state index contributed by atoms with van der Waals surface area (Å²) in [5.41, 5.74) is 5.39. The SMILES string of the molecule is CC(C)(C)OC(=O)N1CCCC(N2CC(N)C2)C1. The van der Waals surface area contributed by atoms with E-state index in [2.05, 4.69) is 4.90 Å². The van der Waals surface area contributed by atoms with Crippen molar-refractivity contribution in [2.24, 2.45) is 5.73 Å². The lowest BCUT2D eigenvalue weighted by atomic mass is 9.99. The van der Waals surface area contributed by atoms with Gasteiger partial charge in [0.2, 0.25) is 0 Å². The summed E-state index contributed by atoms with van der Waals surface area (Å²) >= 11 is 0. The van der Waals surface area contributed by atoms with Gasteiger partial charge in [-0.15, -0.1) is 0 Å². The van der Waals surface area contributed by atoms with Crippen LogP contribution in [-0.2, 0) is 4.74 Å². The van der Waals surface area contributed by atoms with Gasteiger partial charge in [-0.3, -0.25) is 4.90 Å². The Morgan fingerprint density at radius 3 is 2.50 bits per heavy atom. The van der Waals surface area contributed by atoms with Gasteiger partial charge >= 0.3 is 6.09 Å². The molecule has 0 spiro atoms. The third-order valence-electron chi connectivity index (χ3n) is 3.50. The van der Waals surface area contributed by atoms with Crippen molar-refractivity contribution in [3.8, 4) is 0 Å². The first-order chi connectivity index (χ1) is 8.35. The Balaban J connectivity index is 1.84. The first-order valence-corrected chi connectivity index (χ1v) is 6.83. The number of likely N-dealkylation sites (tertiary alicyclic amines) is 2. The second kappa shape index (κ2) is 5.05. The maximum Gasteiger partial charge on any atom is 0.410 e. The molecule has 0 aromatic heterocycles. The van der Waals surface area contributed by atoms with E-state index < -0.39 is 5.60 Å². The zero-order valence-electron chi connectivity index (χ0n) is 11.7. The van der Waals surface area contributed by atoms with E-state index in [0.29, 0.717) is 12.1 Å². The predicted octanol–water partition coefficient (Wildman–Crippen LogP) is 1.03. The van der Waals surface area contributed by atoms with Crippen LogP contribution in [0.5, 0.6) is 0 Å². The number of hydrogen-bond acceptors (Lipinski definition) is 4. The molecule has 1 unspecified atom stereocenters. The number of carbonyl (C=O) groups is 1. The highest BCUT2D eigenvalue weighted by molar-refractivity contribution is 5.68. The number of rotatable bonds is 1. The summed E-state index contributed by atoms with van der Waals surface area (Å²) in [6.07, 6.45) is 2.03. The molecule has 18 heavy (non-hydrogen) atoms. The van der Waals surface area contributed by atoms with Gasteiger partial charge in [0, 0.05) is 38.3 Å². The third kappa shape index (κ3) is 3.36. The van der Waals surface area contributed by atoms with Gasteiger partial charge in [0.15, 0.2) is 0 Å². The van der Waals surface area contributed by atoms with E-state index in [-0.39, 0.29) is 6.09 Å². The molecule has 0 bridgehead atoms. The average Bonchev–Trinajstić information content (AvgIpc) is 2.23. The molecule has 0 aromatic carbocycles. The lowest BCUT2D eigenvalue weighted by Crippen LogP contribution is -2.62. The van der Waals surface area contributed by atoms with Gasteiger partial charge in [-0.1, -0.05) is 0 Å². The normalized spacial score (nSPS) is 26.9. The largest absolute Gasteiger partial charge is 0.444 e. The van der Waals surface area contributed by atoms with Gasteiger partial charge < -0.3 is 15.4 Å². The molecular weight excluding hydrogens is 230 g/mol. The van der Waals surface area contributed by atoms with Crippen LogP contribution in [0.15, 0.2) is 0 Å². The van der Waals surface area contributed by atoms with Crippen molar-refractivity contribution in [2.75, 3.05) is 26.2 Å². The molecule has 2 heterocycles. The van der Waals surface area contributed by atoms with Crippen LogP contribution in [0.3, 0.4) is 0 Å². The highest BCUT2D eigenvalue weighted by atomic mass is 16.6. The first-order valence-electron chi connectivity index (χ1n) is 6.83. The Kier molecular flexibility index (Phi) is 3.82. The quantitative estimate of drug-likeness (QED) is 0.760. The zero-order chi connectivity index (χ0) is 13.3. The molecule has 5 nitrogen and oxygen atoms in total. The van der Waals surface area contributed by atoms with Crippen molar-refractivity contribution in [3.63, 3.8) is 0 Å². The van der Waals surface area contributed by atoms with E-state index in [9.17, 15) is 4.79 Å². The summed E-state index contributed by atoms with van der Waals surface area (Å²) in [4.78, 5) is 16.2. The van der Waals surface area contributed by atoms with Gasteiger partial charge in [0.1, 0.15) is 5.60 Å². The van der Waals surface area contributed by atoms with E-state index in [1.165, 1.54) is 0 Å². The molecule has 1 amide bonds. The molecular formula is C13H25N3O2. The zero-order valence-corrected chi connectivity index (χ0v) is 11.7. The van der Waals surface area contributed by atoms with Crippen LogP contribution >= 0.6 is 0 Å². The fourth-order valence-electron chi connectivity index (χ4n) is 2.59. The Morgan fingerprint density at radius 1 is 1.28 bits per heavy atom. The van der Waals surface area contributed by atoms with E-state index in [0.717, 1.165) is 39.0 Å². The molecule has 0 aliphatic carbocycles. The summed E-state index contributed by atoms with van der Waals surface area (Å²) in [6, 6.07) is 0.785. The van der Waals surface area contributed by atoms with Gasteiger partial charge in [0.05, 0.1) is 0 Å². The minimum absolute atomic E-state index is 0.183. The number of carbonyl (C=O) groups excluding carboxylic acids is 1. The minimum Gasteiger partial charge on any atom is -0.444 e. The van der Waals surface area contributed by atoms with E-state index in [1.54, 1.807) is 0 Å². The summed E-state index contributed by atoms with van der Waals surface area (Å²) in [7, 11) is 0. The molecule has 2 rings (SSSR count).